The lowest BCUT2D eigenvalue weighted by molar-refractivity contribution is 0.0941. The molecule has 1 unspecified atom stereocenters. The minimum Gasteiger partial charge on any atom is -0.501 e. The molecular weight excluding hydrogens is 341 g/mol. The molecule has 1 saturated heterocycles. The summed E-state index contributed by atoms with van der Waals surface area (Å²) in [6.45, 7) is 2.27. The van der Waals surface area contributed by atoms with Crippen molar-refractivity contribution >= 4 is 5.91 Å². The lowest BCUT2D eigenvalue weighted by Crippen LogP contribution is -2.45. The van der Waals surface area contributed by atoms with Crippen LogP contribution >= 0.6 is 0 Å². The first kappa shape index (κ1) is 18.0. The summed E-state index contributed by atoms with van der Waals surface area (Å²) in [7, 11) is 1.90. The number of likely N-dealkylation sites (N-methyl/N-ethyl adjacent to an activating group) is 1. The molecular formula is C17H20FN5O3. The predicted octanol–water partition coefficient (Wildman–Crippen LogP) is 0.121. The topological polar surface area (TPSA) is 110 Å². The van der Waals surface area contributed by atoms with E-state index < -0.39 is 17.2 Å². The van der Waals surface area contributed by atoms with Gasteiger partial charge >= 0.3 is 0 Å². The standard InChI is InChI=1S/C17H20FN5O3/c1-23-7-6-19-9-12(23)15-21-13(14(24)17(26)22-15)16(25)20-8-10-2-4-11(18)5-3-10/h2-5,12,19,24H,6-9H2,1H3,(H,20,25)(H,21,22,26). The Morgan fingerprint density at radius 3 is 2.85 bits per heavy atom. The average Bonchev–Trinajstić information content (AvgIpc) is 2.63. The summed E-state index contributed by atoms with van der Waals surface area (Å²) in [5, 5.41) is 15.7. The van der Waals surface area contributed by atoms with E-state index in [4.69, 9.17) is 0 Å². The molecule has 4 N–H and O–H groups in total. The Kier molecular flexibility index (Phi) is 5.29. The summed E-state index contributed by atoms with van der Waals surface area (Å²) in [4.78, 5) is 33.1. The maximum atomic E-state index is 12.9. The fraction of sp³-hybridized carbons (Fsp3) is 0.353. The third-order valence-corrected chi connectivity index (χ3v) is 4.32. The number of carbonyl (C=O) groups is 1. The number of halogens is 1. The molecule has 0 spiro atoms. The quantitative estimate of drug-likeness (QED) is 0.616. The zero-order valence-corrected chi connectivity index (χ0v) is 14.3. The van der Waals surface area contributed by atoms with Crippen LogP contribution < -0.4 is 16.2 Å². The lowest BCUT2D eigenvalue weighted by atomic mass is 10.2. The Balaban J connectivity index is 1.80. The number of aromatic amines is 1. The van der Waals surface area contributed by atoms with Crippen LogP contribution in [0.5, 0.6) is 5.75 Å². The summed E-state index contributed by atoms with van der Waals surface area (Å²) < 4.78 is 12.9. The number of aromatic nitrogens is 2. The molecule has 0 saturated carbocycles. The van der Waals surface area contributed by atoms with Gasteiger partial charge in [0.05, 0.1) is 6.04 Å². The molecule has 9 heteroatoms. The summed E-state index contributed by atoms with van der Waals surface area (Å²) in [5.41, 5.74) is -0.411. The molecule has 1 aliphatic rings. The highest BCUT2D eigenvalue weighted by atomic mass is 19.1. The first-order chi connectivity index (χ1) is 12.5. The van der Waals surface area contributed by atoms with E-state index in [1.54, 1.807) is 0 Å². The summed E-state index contributed by atoms with van der Waals surface area (Å²) in [6.07, 6.45) is 0. The number of nitrogens with zero attached hydrogens (tertiary/aromatic N) is 2. The minimum atomic E-state index is -0.763. The number of aromatic hydroxyl groups is 1. The zero-order chi connectivity index (χ0) is 18.7. The van der Waals surface area contributed by atoms with Crippen LogP contribution in [0.2, 0.25) is 0 Å². The highest BCUT2D eigenvalue weighted by molar-refractivity contribution is 5.94. The normalized spacial score (nSPS) is 17.8. The van der Waals surface area contributed by atoms with Gasteiger partial charge in [-0.05, 0) is 24.7 Å². The third kappa shape index (κ3) is 3.89. The van der Waals surface area contributed by atoms with Gasteiger partial charge < -0.3 is 20.7 Å². The highest BCUT2D eigenvalue weighted by Gasteiger charge is 2.26. The maximum absolute atomic E-state index is 12.9. The van der Waals surface area contributed by atoms with Crippen LogP contribution in [0.4, 0.5) is 4.39 Å². The van der Waals surface area contributed by atoms with Crippen molar-refractivity contribution in [2.45, 2.75) is 12.6 Å². The van der Waals surface area contributed by atoms with Gasteiger partial charge in [-0.3, -0.25) is 14.5 Å². The van der Waals surface area contributed by atoms with Crippen molar-refractivity contribution in [1.82, 2.24) is 25.5 Å². The van der Waals surface area contributed by atoms with Crippen molar-refractivity contribution in [3.63, 3.8) is 0 Å². The molecule has 2 aromatic rings. The van der Waals surface area contributed by atoms with Gasteiger partial charge in [0.25, 0.3) is 11.5 Å². The molecule has 1 fully saturated rings. The largest absolute Gasteiger partial charge is 0.501 e. The van der Waals surface area contributed by atoms with Crippen LogP contribution in [0.3, 0.4) is 0 Å². The first-order valence-electron chi connectivity index (χ1n) is 8.22. The van der Waals surface area contributed by atoms with Gasteiger partial charge in [0.15, 0.2) is 5.69 Å². The first-order valence-corrected chi connectivity index (χ1v) is 8.22. The van der Waals surface area contributed by atoms with Crippen molar-refractivity contribution in [3.05, 3.63) is 57.5 Å². The molecule has 1 atom stereocenters. The van der Waals surface area contributed by atoms with Gasteiger partial charge in [0.1, 0.15) is 11.6 Å². The van der Waals surface area contributed by atoms with Crippen molar-refractivity contribution < 1.29 is 14.3 Å². The number of carbonyl (C=O) groups excluding carboxylic acids is 1. The van der Waals surface area contributed by atoms with Crippen LogP contribution in [-0.4, -0.2) is 52.6 Å². The molecule has 1 aromatic heterocycles. The number of hydrogen-bond donors (Lipinski definition) is 4. The van der Waals surface area contributed by atoms with Gasteiger partial charge in [-0.15, -0.1) is 0 Å². The monoisotopic (exact) mass is 361 g/mol. The molecule has 0 aliphatic carbocycles. The van der Waals surface area contributed by atoms with E-state index in [1.807, 2.05) is 11.9 Å². The van der Waals surface area contributed by atoms with Crippen molar-refractivity contribution in [2.24, 2.45) is 0 Å². The molecule has 8 nitrogen and oxygen atoms in total. The second-order valence-corrected chi connectivity index (χ2v) is 6.16. The number of piperazine rings is 1. The highest BCUT2D eigenvalue weighted by Crippen LogP contribution is 2.18. The Labute approximate surface area is 149 Å². The second kappa shape index (κ2) is 7.63. The van der Waals surface area contributed by atoms with E-state index in [0.717, 1.165) is 13.1 Å². The van der Waals surface area contributed by atoms with Crippen LogP contribution in [-0.2, 0) is 6.54 Å². The summed E-state index contributed by atoms with van der Waals surface area (Å²) in [6, 6.07) is 5.44. The lowest BCUT2D eigenvalue weighted by Gasteiger charge is -2.32. The number of nitrogens with one attached hydrogen (secondary N) is 3. The van der Waals surface area contributed by atoms with E-state index in [0.29, 0.717) is 17.9 Å². The smallest absolute Gasteiger partial charge is 0.293 e. The number of amides is 1. The molecule has 3 rings (SSSR count). The number of H-pyrrole nitrogens is 1. The van der Waals surface area contributed by atoms with Crippen molar-refractivity contribution in [3.8, 4) is 5.75 Å². The van der Waals surface area contributed by atoms with Crippen molar-refractivity contribution in [1.29, 1.82) is 0 Å². The Bertz CT molecular complexity index is 852. The molecule has 2 heterocycles. The fourth-order valence-electron chi connectivity index (χ4n) is 2.78. The fourth-order valence-corrected chi connectivity index (χ4v) is 2.78. The van der Waals surface area contributed by atoms with Crippen LogP contribution in [0, 0.1) is 5.82 Å². The van der Waals surface area contributed by atoms with Gasteiger partial charge in [-0.25, -0.2) is 9.37 Å². The number of rotatable bonds is 4. The van der Waals surface area contributed by atoms with Gasteiger partial charge in [-0.2, -0.15) is 0 Å². The van der Waals surface area contributed by atoms with E-state index in [1.165, 1.54) is 24.3 Å². The third-order valence-electron chi connectivity index (χ3n) is 4.32. The summed E-state index contributed by atoms with van der Waals surface area (Å²) in [5.74, 6) is -1.46. The second-order valence-electron chi connectivity index (χ2n) is 6.16. The average molecular weight is 361 g/mol. The van der Waals surface area contributed by atoms with Gasteiger partial charge in [0, 0.05) is 26.2 Å². The Morgan fingerprint density at radius 2 is 2.15 bits per heavy atom. The molecule has 26 heavy (non-hydrogen) atoms. The predicted molar refractivity (Wildman–Crippen MR) is 92.3 cm³/mol. The Morgan fingerprint density at radius 1 is 1.42 bits per heavy atom. The molecule has 1 aromatic carbocycles. The minimum absolute atomic E-state index is 0.118. The molecule has 1 amide bonds. The van der Waals surface area contributed by atoms with E-state index >= 15 is 0 Å². The van der Waals surface area contributed by atoms with Gasteiger partial charge in [-0.1, -0.05) is 12.1 Å². The SMILES string of the molecule is CN1CCNCC1c1nc(C(=O)NCc2ccc(F)cc2)c(O)c(=O)[nH]1. The van der Waals surface area contributed by atoms with E-state index in [-0.39, 0.29) is 24.1 Å². The van der Waals surface area contributed by atoms with Crippen molar-refractivity contribution in [2.75, 3.05) is 26.7 Å². The van der Waals surface area contributed by atoms with Gasteiger partial charge in [0.2, 0.25) is 5.75 Å². The molecule has 1 aliphatic heterocycles. The Hall–Kier alpha value is -2.78. The number of hydrogen-bond acceptors (Lipinski definition) is 6. The van der Waals surface area contributed by atoms with Crippen LogP contribution in [0.15, 0.2) is 29.1 Å². The molecule has 138 valence electrons. The number of benzene rings is 1. The van der Waals surface area contributed by atoms with Crippen LogP contribution in [0.25, 0.3) is 0 Å². The van der Waals surface area contributed by atoms with Crippen LogP contribution in [0.1, 0.15) is 27.9 Å². The van der Waals surface area contributed by atoms with E-state index in [2.05, 4.69) is 20.6 Å². The molecule has 0 radical (unpaired) electrons. The van der Waals surface area contributed by atoms with E-state index in [9.17, 15) is 19.1 Å². The maximum Gasteiger partial charge on any atom is 0.293 e. The molecule has 0 bridgehead atoms. The zero-order valence-electron chi connectivity index (χ0n) is 14.3. The summed E-state index contributed by atoms with van der Waals surface area (Å²) >= 11 is 0.